The predicted molar refractivity (Wildman–Crippen MR) is 52.7 cm³/mol. The molecule has 0 atom stereocenters. The van der Waals surface area contributed by atoms with Crippen LogP contribution in [0, 0.1) is 0 Å². The average molecular weight is 198 g/mol. The molecule has 0 saturated carbocycles. The maximum Gasteiger partial charge on any atom is 0.0895 e. The molecule has 0 aromatic carbocycles. The zero-order valence-corrected chi connectivity index (χ0v) is 8.63. The Morgan fingerprint density at radius 3 is 2.77 bits per heavy atom. The maximum atomic E-state index is 4.04. The summed E-state index contributed by atoms with van der Waals surface area (Å²) in [5.41, 5.74) is 1.11. The minimum Gasteiger partial charge on any atom is -0.304 e. The van der Waals surface area contributed by atoms with Crippen LogP contribution in [0.15, 0.2) is 5.38 Å². The molecule has 4 nitrogen and oxygen atoms in total. The van der Waals surface area contributed by atoms with Gasteiger partial charge >= 0.3 is 0 Å². The van der Waals surface area contributed by atoms with Crippen molar-refractivity contribution in [2.75, 3.05) is 33.2 Å². The van der Waals surface area contributed by atoms with Crippen molar-refractivity contribution in [1.29, 1.82) is 0 Å². The Hall–Kier alpha value is -0.520. The highest BCUT2D eigenvalue weighted by Gasteiger charge is 2.14. The Morgan fingerprint density at radius 1 is 1.38 bits per heavy atom. The third kappa shape index (κ3) is 2.46. The number of piperazine rings is 1. The van der Waals surface area contributed by atoms with Crippen LogP contribution in [0.2, 0.25) is 0 Å². The molecular formula is C8H14N4S. The highest BCUT2D eigenvalue weighted by molar-refractivity contribution is 7.03. The lowest BCUT2D eigenvalue weighted by atomic mass is 10.3. The summed E-state index contributed by atoms with van der Waals surface area (Å²) in [6, 6.07) is 0. The molecular weight excluding hydrogens is 184 g/mol. The van der Waals surface area contributed by atoms with Gasteiger partial charge in [-0.1, -0.05) is 4.49 Å². The van der Waals surface area contributed by atoms with Gasteiger partial charge in [0.1, 0.15) is 0 Å². The highest BCUT2D eigenvalue weighted by Crippen LogP contribution is 2.05. The summed E-state index contributed by atoms with van der Waals surface area (Å²) in [5.74, 6) is 0. The number of hydrogen-bond acceptors (Lipinski definition) is 5. The summed E-state index contributed by atoms with van der Waals surface area (Å²) in [7, 11) is 2.17. The average Bonchev–Trinajstić information content (AvgIpc) is 2.62. The van der Waals surface area contributed by atoms with Crippen molar-refractivity contribution in [3.05, 3.63) is 11.1 Å². The Morgan fingerprint density at radius 2 is 2.15 bits per heavy atom. The van der Waals surface area contributed by atoms with Crippen molar-refractivity contribution in [1.82, 2.24) is 19.4 Å². The maximum absolute atomic E-state index is 4.04. The second-order valence-corrected chi connectivity index (χ2v) is 4.09. The first-order chi connectivity index (χ1) is 6.34. The molecule has 2 heterocycles. The molecule has 1 aliphatic heterocycles. The molecule has 0 radical (unpaired) electrons. The topological polar surface area (TPSA) is 32.3 Å². The van der Waals surface area contributed by atoms with Gasteiger partial charge < -0.3 is 4.90 Å². The number of rotatable bonds is 2. The zero-order chi connectivity index (χ0) is 9.10. The largest absolute Gasteiger partial charge is 0.304 e. The van der Waals surface area contributed by atoms with Crippen LogP contribution in [0.5, 0.6) is 0 Å². The van der Waals surface area contributed by atoms with E-state index in [0.717, 1.165) is 38.4 Å². The van der Waals surface area contributed by atoms with Crippen molar-refractivity contribution in [3.8, 4) is 0 Å². The molecule has 1 aromatic heterocycles. The van der Waals surface area contributed by atoms with Crippen molar-refractivity contribution in [2.45, 2.75) is 6.54 Å². The Labute approximate surface area is 82.3 Å². The molecule has 0 bridgehead atoms. The van der Waals surface area contributed by atoms with Crippen LogP contribution in [0.3, 0.4) is 0 Å². The van der Waals surface area contributed by atoms with Gasteiger partial charge in [-0.05, 0) is 18.6 Å². The van der Waals surface area contributed by atoms with E-state index < -0.39 is 0 Å². The number of hydrogen-bond donors (Lipinski definition) is 0. The van der Waals surface area contributed by atoms with Crippen LogP contribution in [0.4, 0.5) is 0 Å². The lowest BCUT2D eigenvalue weighted by Gasteiger charge is -2.31. The van der Waals surface area contributed by atoms with E-state index in [0.29, 0.717) is 0 Å². The van der Waals surface area contributed by atoms with Gasteiger partial charge in [0, 0.05) is 38.1 Å². The lowest BCUT2D eigenvalue weighted by molar-refractivity contribution is 0.147. The Balaban J connectivity index is 1.83. The zero-order valence-electron chi connectivity index (χ0n) is 7.81. The Kier molecular flexibility index (Phi) is 2.87. The van der Waals surface area contributed by atoms with Crippen molar-refractivity contribution in [3.63, 3.8) is 0 Å². The van der Waals surface area contributed by atoms with Crippen LogP contribution in [-0.2, 0) is 6.54 Å². The van der Waals surface area contributed by atoms with Crippen LogP contribution >= 0.6 is 11.5 Å². The molecule has 1 fully saturated rings. The van der Waals surface area contributed by atoms with E-state index in [1.165, 1.54) is 11.5 Å². The smallest absolute Gasteiger partial charge is 0.0895 e. The first kappa shape index (κ1) is 9.05. The third-order valence-corrected chi connectivity index (χ3v) is 2.94. The summed E-state index contributed by atoms with van der Waals surface area (Å²) in [6.07, 6.45) is 0. The van der Waals surface area contributed by atoms with E-state index in [4.69, 9.17) is 0 Å². The summed E-state index contributed by atoms with van der Waals surface area (Å²) in [6.45, 7) is 5.58. The third-order valence-electron chi connectivity index (χ3n) is 2.39. The van der Waals surface area contributed by atoms with E-state index in [2.05, 4.69) is 26.4 Å². The first-order valence-corrected chi connectivity index (χ1v) is 5.35. The van der Waals surface area contributed by atoms with Gasteiger partial charge in [-0.15, -0.1) is 5.10 Å². The predicted octanol–water partition coefficient (Wildman–Crippen LogP) is 0.285. The summed E-state index contributed by atoms with van der Waals surface area (Å²) < 4.78 is 3.86. The van der Waals surface area contributed by atoms with Crippen LogP contribution in [-0.4, -0.2) is 52.6 Å². The molecule has 0 spiro atoms. The van der Waals surface area contributed by atoms with Crippen LogP contribution in [0.25, 0.3) is 0 Å². The van der Waals surface area contributed by atoms with Gasteiger partial charge in [-0.25, -0.2) is 0 Å². The number of nitrogens with zero attached hydrogens (tertiary/aromatic N) is 4. The summed E-state index contributed by atoms with van der Waals surface area (Å²) in [4.78, 5) is 4.78. The second-order valence-electron chi connectivity index (χ2n) is 3.48. The summed E-state index contributed by atoms with van der Waals surface area (Å²) in [5, 5.41) is 6.07. The van der Waals surface area contributed by atoms with E-state index in [1.807, 2.05) is 5.38 Å². The van der Waals surface area contributed by atoms with Crippen molar-refractivity contribution < 1.29 is 0 Å². The van der Waals surface area contributed by atoms with E-state index in [-0.39, 0.29) is 0 Å². The van der Waals surface area contributed by atoms with Gasteiger partial charge in [0.2, 0.25) is 0 Å². The SMILES string of the molecule is CN1CCN(Cc2csnn2)CC1. The summed E-state index contributed by atoms with van der Waals surface area (Å²) >= 11 is 1.43. The van der Waals surface area contributed by atoms with Gasteiger partial charge in [0.25, 0.3) is 0 Å². The van der Waals surface area contributed by atoms with Crippen molar-refractivity contribution in [2.24, 2.45) is 0 Å². The molecule has 72 valence electrons. The van der Waals surface area contributed by atoms with Gasteiger partial charge in [-0.2, -0.15) is 0 Å². The molecule has 2 rings (SSSR count). The first-order valence-electron chi connectivity index (χ1n) is 4.51. The monoisotopic (exact) mass is 198 g/mol. The van der Waals surface area contributed by atoms with Crippen LogP contribution in [0.1, 0.15) is 5.69 Å². The fourth-order valence-electron chi connectivity index (χ4n) is 1.49. The minimum absolute atomic E-state index is 0.963. The van der Waals surface area contributed by atoms with E-state index in [9.17, 15) is 0 Å². The normalized spacial score (nSPS) is 20.7. The fourth-order valence-corrected chi connectivity index (χ4v) is 1.93. The van der Waals surface area contributed by atoms with Crippen LogP contribution < -0.4 is 0 Å². The molecule has 5 heteroatoms. The molecule has 0 unspecified atom stereocenters. The molecule has 0 N–H and O–H groups in total. The molecule has 1 aliphatic rings. The fraction of sp³-hybridized carbons (Fsp3) is 0.750. The molecule has 1 aromatic rings. The quantitative estimate of drug-likeness (QED) is 0.683. The van der Waals surface area contributed by atoms with Gasteiger partial charge in [-0.3, -0.25) is 4.90 Å². The minimum atomic E-state index is 0.963. The van der Waals surface area contributed by atoms with Crippen molar-refractivity contribution >= 4 is 11.5 Å². The highest BCUT2D eigenvalue weighted by atomic mass is 32.1. The van der Waals surface area contributed by atoms with E-state index in [1.54, 1.807) is 0 Å². The number of aromatic nitrogens is 2. The molecule has 13 heavy (non-hydrogen) atoms. The van der Waals surface area contributed by atoms with E-state index >= 15 is 0 Å². The lowest BCUT2D eigenvalue weighted by Crippen LogP contribution is -2.43. The van der Waals surface area contributed by atoms with Gasteiger partial charge in [0.15, 0.2) is 0 Å². The van der Waals surface area contributed by atoms with Gasteiger partial charge in [0.05, 0.1) is 5.69 Å². The molecule has 0 aliphatic carbocycles. The second kappa shape index (κ2) is 4.13. The molecule has 1 saturated heterocycles. The Bertz CT molecular complexity index is 241. The molecule has 0 amide bonds. The number of likely N-dealkylation sites (N-methyl/N-ethyl adjacent to an activating group) is 1. The standard InChI is InChI=1S/C8H14N4S/c1-11-2-4-12(5-3-11)6-8-7-13-10-9-8/h7H,2-6H2,1H3.